The Kier molecular flexibility index (Phi) is 8.08. The van der Waals surface area contributed by atoms with Gasteiger partial charge in [-0.1, -0.05) is 69.3 Å². The van der Waals surface area contributed by atoms with E-state index in [0.717, 1.165) is 10.5 Å². The van der Waals surface area contributed by atoms with Crippen LogP contribution in [0.15, 0.2) is 94.9 Å². The van der Waals surface area contributed by atoms with Crippen molar-refractivity contribution < 1.29 is 14.4 Å². The molecular formula is C29H30N4O3S. The maximum atomic E-state index is 13.4. The fourth-order valence-corrected chi connectivity index (χ4v) is 4.84. The maximum absolute atomic E-state index is 13.4. The van der Waals surface area contributed by atoms with Gasteiger partial charge in [-0.3, -0.25) is 14.4 Å². The summed E-state index contributed by atoms with van der Waals surface area (Å²) in [5, 5.41) is 10.9. The Labute approximate surface area is 221 Å². The Bertz CT molecular complexity index is 1290. The van der Waals surface area contributed by atoms with Crippen LogP contribution in [0, 0.1) is 5.41 Å². The molecule has 1 atom stereocenters. The highest BCUT2D eigenvalue weighted by atomic mass is 32.2. The van der Waals surface area contributed by atoms with Gasteiger partial charge in [0.05, 0.1) is 12.1 Å². The summed E-state index contributed by atoms with van der Waals surface area (Å²) in [5.74, 6) is -0.183. The molecule has 2 N–H and O–H groups in total. The Balaban J connectivity index is 1.47. The number of amides is 3. The van der Waals surface area contributed by atoms with Gasteiger partial charge in [-0.15, -0.1) is 11.8 Å². The molecule has 4 rings (SSSR count). The number of anilines is 2. The average Bonchev–Trinajstić information content (AvgIpc) is 3.23. The van der Waals surface area contributed by atoms with Crippen LogP contribution < -0.4 is 15.6 Å². The van der Waals surface area contributed by atoms with Gasteiger partial charge in [-0.2, -0.15) is 10.1 Å². The Morgan fingerprint density at radius 1 is 0.919 bits per heavy atom. The van der Waals surface area contributed by atoms with Gasteiger partial charge in [0, 0.05) is 17.0 Å². The van der Waals surface area contributed by atoms with Gasteiger partial charge in [0.25, 0.3) is 5.91 Å². The zero-order valence-electron chi connectivity index (χ0n) is 21.1. The predicted octanol–water partition coefficient (Wildman–Crippen LogP) is 5.76. The smallest absolute Gasteiger partial charge is 0.255 e. The van der Waals surface area contributed by atoms with E-state index in [9.17, 15) is 14.4 Å². The lowest BCUT2D eigenvalue weighted by atomic mass is 9.92. The molecule has 0 bridgehead atoms. The number of hydrazone groups is 1. The van der Waals surface area contributed by atoms with Gasteiger partial charge in [0.1, 0.15) is 11.1 Å². The summed E-state index contributed by atoms with van der Waals surface area (Å²) >= 11 is 1.39. The van der Waals surface area contributed by atoms with Crippen LogP contribution in [0.5, 0.6) is 0 Å². The number of nitrogens with zero attached hydrogens (tertiary/aromatic N) is 2. The molecule has 0 saturated heterocycles. The molecular weight excluding hydrogens is 484 g/mol. The third-order valence-electron chi connectivity index (χ3n) is 5.47. The van der Waals surface area contributed by atoms with Gasteiger partial charge >= 0.3 is 0 Å². The summed E-state index contributed by atoms with van der Waals surface area (Å²) in [6.07, 6.45) is 0.448. The third kappa shape index (κ3) is 7.30. The molecule has 7 nitrogen and oxygen atoms in total. The van der Waals surface area contributed by atoms with E-state index in [1.165, 1.54) is 16.8 Å². The number of carbonyl (C=O) groups is 3. The van der Waals surface area contributed by atoms with Crippen LogP contribution in [-0.2, 0) is 14.4 Å². The maximum Gasteiger partial charge on any atom is 0.255 e. The first kappa shape index (κ1) is 26.2. The molecule has 0 radical (unpaired) electrons. The summed E-state index contributed by atoms with van der Waals surface area (Å²) in [6, 6.07) is 26.0. The lowest BCUT2D eigenvalue weighted by molar-refractivity contribution is -0.119. The van der Waals surface area contributed by atoms with E-state index in [-0.39, 0.29) is 29.6 Å². The number of carbonyl (C=O) groups excluding carboxylic acids is 3. The summed E-state index contributed by atoms with van der Waals surface area (Å²) in [5.41, 5.74) is 2.10. The van der Waals surface area contributed by atoms with Gasteiger partial charge in [-0.25, -0.2) is 0 Å². The van der Waals surface area contributed by atoms with Crippen molar-refractivity contribution >= 4 is 46.7 Å². The third-order valence-corrected chi connectivity index (χ3v) is 6.73. The Morgan fingerprint density at radius 2 is 1.54 bits per heavy atom. The van der Waals surface area contributed by atoms with E-state index in [2.05, 4.69) is 15.7 Å². The van der Waals surface area contributed by atoms with Crippen LogP contribution >= 0.6 is 11.8 Å². The predicted molar refractivity (Wildman–Crippen MR) is 148 cm³/mol. The van der Waals surface area contributed by atoms with Crippen LogP contribution in [0.4, 0.5) is 11.4 Å². The number of thioether (sulfide) groups is 1. The molecule has 1 aliphatic rings. The number of hydrogen-bond acceptors (Lipinski definition) is 5. The first-order chi connectivity index (χ1) is 17.7. The van der Waals surface area contributed by atoms with E-state index in [1.807, 2.05) is 93.6 Å². The van der Waals surface area contributed by atoms with Gasteiger partial charge in [0.15, 0.2) is 0 Å². The minimum atomic E-state index is -0.564. The number of amidine groups is 1. The van der Waals surface area contributed by atoms with Crippen LogP contribution in [0.3, 0.4) is 0 Å². The summed E-state index contributed by atoms with van der Waals surface area (Å²) in [4.78, 5) is 39.0. The molecule has 1 unspecified atom stereocenters. The van der Waals surface area contributed by atoms with E-state index in [4.69, 9.17) is 0 Å². The van der Waals surface area contributed by atoms with Crippen molar-refractivity contribution in [2.45, 2.75) is 43.8 Å². The molecule has 0 saturated carbocycles. The van der Waals surface area contributed by atoms with Crippen molar-refractivity contribution in [3.05, 3.63) is 90.5 Å². The van der Waals surface area contributed by atoms with Crippen LogP contribution in [0.1, 0.15) is 44.4 Å². The van der Waals surface area contributed by atoms with Crippen molar-refractivity contribution in [1.82, 2.24) is 5.32 Å². The monoisotopic (exact) mass is 514 g/mol. The lowest BCUT2D eigenvalue weighted by Crippen LogP contribution is -2.33. The number of benzene rings is 3. The highest BCUT2D eigenvalue weighted by Crippen LogP contribution is 2.36. The average molecular weight is 515 g/mol. The molecule has 0 spiro atoms. The zero-order valence-corrected chi connectivity index (χ0v) is 21.9. The van der Waals surface area contributed by atoms with Crippen LogP contribution in [0.2, 0.25) is 0 Å². The number of rotatable bonds is 7. The van der Waals surface area contributed by atoms with E-state index >= 15 is 0 Å². The zero-order chi connectivity index (χ0) is 26.4. The summed E-state index contributed by atoms with van der Waals surface area (Å²) < 4.78 is 0. The molecule has 0 fully saturated rings. The molecule has 3 amide bonds. The topological polar surface area (TPSA) is 90.9 Å². The Hall–Kier alpha value is -3.91. The molecule has 190 valence electrons. The number of nitrogens with one attached hydrogen (secondary N) is 2. The second-order valence-electron chi connectivity index (χ2n) is 9.97. The second-order valence-corrected chi connectivity index (χ2v) is 11.2. The normalized spacial score (nSPS) is 14.2. The van der Waals surface area contributed by atoms with Crippen molar-refractivity contribution in [3.63, 3.8) is 0 Å². The SMILES string of the molecule is CC(C)(C)CC(=O)Nc1ccc(SC(C(=O)NC2=NN(c3ccccc3)C(=O)C2)c2ccccc2)cc1. The number of hydrogen-bond donors (Lipinski definition) is 2. The molecule has 8 heteroatoms. The van der Waals surface area contributed by atoms with Crippen LogP contribution in [0.25, 0.3) is 0 Å². The second kappa shape index (κ2) is 11.4. The molecule has 3 aromatic carbocycles. The van der Waals surface area contributed by atoms with Crippen molar-refractivity contribution in [3.8, 4) is 0 Å². The minimum absolute atomic E-state index is 0.0236. The van der Waals surface area contributed by atoms with Crippen molar-refractivity contribution in [1.29, 1.82) is 0 Å². The number of para-hydroxylation sites is 1. The van der Waals surface area contributed by atoms with E-state index in [1.54, 1.807) is 12.1 Å². The van der Waals surface area contributed by atoms with Gasteiger partial charge < -0.3 is 10.6 Å². The summed E-state index contributed by atoms with van der Waals surface area (Å²) in [6.45, 7) is 6.06. The molecule has 1 heterocycles. The quantitative estimate of drug-likeness (QED) is 0.392. The largest absolute Gasteiger partial charge is 0.326 e. The van der Waals surface area contributed by atoms with Crippen molar-refractivity contribution in [2.75, 3.05) is 10.3 Å². The molecule has 0 aromatic heterocycles. The fraction of sp³-hybridized carbons (Fsp3) is 0.241. The molecule has 3 aromatic rings. The highest BCUT2D eigenvalue weighted by Gasteiger charge is 2.29. The lowest BCUT2D eigenvalue weighted by Gasteiger charge is -2.18. The Morgan fingerprint density at radius 3 is 2.16 bits per heavy atom. The first-order valence-electron chi connectivity index (χ1n) is 12.1. The van der Waals surface area contributed by atoms with Gasteiger partial charge in [-0.05, 0) is 47.4 Å². The molecule has 0 aliphatic carbocycles. The standard InChI is InChI=1S/C29H30N4O3S/c1-29(2,3)19-25(34)30-21-14-16-23(17-15-21)37-27(20-10-6-4-7-11-20)28(36)31-24-18-26(35)33(32-24)22-12-8-5-9-13-22/h4-17,27H,18-19H2,1-3H3,(H,30,34)(H,31,32,36). The molecule has 1 aliphatic heterocycles. The minimum Gasteiger partial charge on any atom is -0.326 e. The highest BCUT2D eigenvalue weighted by molar-refractivity contribution is 8.00. The van der Waals surface area contributed by atoms with Gasteiger partial charge in [0.2, 0.25) is 11.8 Å². The van der Waals surface area contributed by atoms with Crippen molar-refractivity contribution in [2.24, 2.45) is 10.5 Å². The first-order valence-corrected chi connectivity index (χ1v) is 12.9. The fourth-order valence-electron chi connectivity index (χ4n) is 3.82. The van der Waals surface area contributed by atoms with E-state index < -0.39 is 5.25 Å². The summed E-state index contributed by atoms with van der Waals surface area (Å²) in [7, 11) is 0. The van der Waals surface area contributed by atoms with Crippen LogP contribution in [-0.4, -0.2) is 23.6 Å². The van der Waals surface area contributed by atoms with E-state index in [0.29, 0.717) is 23.6 Å². The molecule has 37 heavy (non-hydrogen) atoms.